The van der Waals surface area contributed by atoms with Crippen LogP contribution in [0.1, 0.15) is 29.5 Å². The number of rotatable bonds is 4. The van der Waals surface area contributed by atoms with E-state index in [4.69, 9.17) is 11.5 Å². The molecule has 18 heavy (non-hydrogen) atoms. The first-order valence-corrected chi connectivity index (χ1v) is 5.58. The summed E-state index contributed by atoms with van der Waals surface area (Å²) in [6.45, 7) is 2.03. The minimum Gasteiger partial charge on any atom is -0.384 e. The minimum absolute atomic E-state index is 0.323. The third-order valence-electron chi connectivity index (χ3n) is 2.35. The van der Waals surface area contributed by atoms with Crippen LogP contribution in [0, 0.1) is 0 Å². The van der Waals surface area contributed by atoms with Crippen molar-refractivity contribution in [2.75, 3.05) is 5.73 Å². The fourth-order valence-corrected chi connectivity index (χ4v) is 1.53. The lowest BCUT2D eigenvalue weighted by Gasteiger charge is -2.04. The lowest BCUT2D eigenvalue weighted by atomic mass is 10.3. The molecule has 0 aromatic carbocycles. The second kappa shape index (κ2) is 4.82. The van der Waals surface area contributed by atoms with Crippen LogP contribution in [0.2, 0.25) is 0 Å². The van der Waals surface area contributed by atoms with E-state index in [1.54, 1.807) is 6.07 Å². The smallest absolute Gasteiger partial charge is 0.251 e. The number of nitrogen functional groups attached to an aromatic ring is 1. The first-order chi connectivity index (χ1) is 8.60. The monoisotopic (exact) mass is 246 g/mol. The molecule has 0 spiro atoms. The van der Waals surface area contributed by atoms with E-state index in [9.17, 15) is 4.79 Å². The normalized spacial score (nSPS) is 10.5. The van der Waals surface area contributed by atoms with Gasteiger partial charge in [-0.25, -0.2) is 14.6 Å². The van der Waals surface area contributed by atoms with Gasteiger partial charge in [-0.15, -0.1) is 0 Å². The Hall–Kier alpha value is -2.44. The van der Waals surface area contributed by atoms with E-state index in [1.807, 2.05) is 6.92 Å². The predicted octanol–water partition coefficient (Wildman–Crippen LogP) is 0.296. The molecule has 4 N–H and O–H groups in total. The molecule has 0 saturated heterocycles. The standard InChI is InChI=1S/C11H14N6O/c1-2-3-9-15-8(12)4-10(16-9)17-6-7(5-14-17)11(13)18/h4-6H,2-3H2,1H3,(H2,13,18)(H2,12,15,16). The maximum Gasteiger partial charge on any atom is 0.251 e. The number of primary amides is 1. The highest BCUT2D eigenvalue weighted by molar-refractivity contribution is 5.92. The number of aryl methyl sites for hydroxylation is 1. The minimum atomic E-state index is -0.531. The Morgan fingerprint density at radius 1 is 1.44 bits per heavy atom. The van der Waals surface area contributed by atoms with Crippen molar-refractivity contribution in [2.24, 2.45) is 5.73 Å². The van der Waals surface area contributed by atoms with E-state index in [1.165, 1.54) is 17.1 Å². The molecule has 0 aliphatic heterocycles. The summed E-state index contributed by atoms with van der Waals surface area (Å²) in [5, 5.41) is 4.02. The first-order valence-electron chi connectivity index (χ1n) is 5.58. The fraction of sp³-hybridized carbons (Fsp3) is 0.273. The van der Waals surface area contributed by atoms with E-state index in [2.05, 4.69) is 15.1 Å². The van der Waals surface area contributed by atoms with Gasteiger partial charge in [0.1, 0.15) is 11.6 Å². The molecule has 7 nitrogen and oxygen atoms in total. The Morgan fingerprint density at radius 3 is 2.83 bits per heavy atom. The van der Waals surface area contributed by atoms with E-state index in [0.29, 0.717) is 23.0 Å². The number of aromatic nitrogens is 4. The molecule has 2 heterocycles. The quantitative estimate of drug-likeness (QED) is 0.805. The van der Waals surface area contributed by atoms with Crippen LogP contribution in [0.15, 0.2) is 18.5 Å². The number of hydrogen-bond acceptors (Lipinski definition) is 5. The third-order valence-corrected chi connectivity index (χ3v) is 2.35. The molecule has 7 heteroatoms. The van der Waals surface area contributed by atoms with Gasteiger partial charge in [0, 0.05) is 18.7 Å². The van der Waals surface area contributed by atoms with Crippen molar-refractivity contribution >= 4 is 11.7 Å². The van der Waals surface area contributed by atoms with Crippen molar-refractivity contribution in [3.63, 3.8) is 0 Å². The molecule has 0 aliphatic rings. The number of hydrogen-bond donors (Lipinski definition) is 2. The largest absolute Gasteiger partial charge is 0.384 e. The molecule has 0 radical (unpaired) electrons. The number of nitrogens with zero attached hydrogens (tertiary/aromatic N) is 4. The van der Waals surface area contributed by atoms with E-state index in [0.717, 1.165) is 12.8 Å². The number of carbonyl (C=O) groups excluding carboxylic acids is 1. The van der Waals surface area contributed by atoms with Crippen molar-refractivity contribution in [3.05, 3.63) is 29.8 Å². The molecule has 2 rings (SSSR count). The first kappa shape index (κ1) is 12.0. The van der Waals surface area contributed by atoms with Gasteiger partial charge in [0.2, 0.25) is 0 Å². The molecule has 2 aromatic rings. The van der Waals surface area contributed by atoms with Crippen LogP contribution in [0.3, 0.4) is 0 Å². The summed E-state index contributed by atoms with van der Waals surface area (Å²) in [5.74, 6) is 1.03. The summed E-state index contributed by atoms with van der Waals surface area (Å²) < 4.78 is 1.46. The van der Waals surface area contributed by atoms with Crippen LogP contribution in [0.5, 0.6) is 0 Å². The molecule has 0 saturated carbocycles. The van der Waals surface area contributed by atoms with Gasteiger partial charge in [0.15, 0.2) is 5.82 Å². The topological polar surface area (TPSA) is 113 Å². The lowest BCUT2D eigenvalue weighted by Crippen LogP contribution is -2.10. The summed E-state index contributed by atoms with van der Waals surface area (Å²) in [6, 6.07) is 1.59. The SMILES string of the molecule is CCCc1nc(N)cc(-n2cc(C(N)=O)cn2)n1. The molecule has 0 atom stereocenters. The van der Waals surface area contributed by atoms with E-state index >= 15 is 0 Å². The van der Waals surface area contributed by atoms with Crippen molar-refractivity contribution in [1.82, 2.24) is 19.7 Å². The van der Waals surface area contributed by atoms with Crippen LogP contribution in [-0.4, -0.2) is 25.7 Å². The zero-order valence-corrected chi connectivity index (χ0v) is 10.00. The highest BCUT2D eigenvalue weighted by Crippen LogP contribution is 2.10. The average Bonchev–Trinajstić information content (AvgIpc) is 2.78. The summed E-state index contributed by atoms with van der Waals surface area (Å²) in [7, 11) is 0. The Balaban J connectivity index is 2.39. The number of anilines is 1. The van der Waals surface area contributed by atoms with Gasteiger partial charge < -0.3 is 11.5 Å². The fourth-order valence-electron chi connectivity index (χ4n) is 1.53. The Bertz CT molecular complexity index is 577. The van der Waals surface area contributed by atoms with Crippen LogP contribution >= 0.6 is 0 Å². The zero-order chi connectivity index (χ0) is 13.1. The third kappa shape index (κ3) is 2.45. The van der Waals surface area contributed by atoms with Crippen LogP contribution in [-0.2, 0) is 6.42 Å². The highest BCUT2D eigenvalue weighted by Gasteiger charge is 2.08. The Labute approximate surface area is 104 Å². The van der Waals surface area contributed by atoms with Gasteiger partial charge in [-0.2, -0.15) is 5.10 Å². The van der Waals surface area contributed by atoms with Crippen molar-refractivity contribution < 1.29 is 4.79 Å². The number of carbonyl (C=O) groups is 1. The van der Waals surface area contributed by atoms with Crippen molar-refractivity contribution in [1.29, 1.82) is 0 Å². The number of nitrogens with two attached hydrogens (primary N) is 2. The van der Waals surface area contributed by atoms with E-state index in [-0.39, 0.29) is 0 Å². The number of amides is 1. The Morgan fingerprint density at radius 2 is 2.22 bits per heavy atom. The maximum atomic E-state index is 11.0. The molecular formula is C11H14N6O. The second-order valence-electron chi connectivity index (χ2n) is 3.86. The van der Waals surface area contributed by atoms with Gasteiger partial charge in [-0.1, -0.05) is 6.92 Å². The van der Waals surface area contributed by atoms with Crippen LogP contribution < -0.4 is 11.5 Å². The lowest BCUT2D eigenvalue weighted by molar-refractivity contribution is 0.100. The molecule has 2 aromatic heterocycles. The summed E-state index contributed by atoms with van der Waals surface area (Å²) in [5.41, 5.74) is 11.2. The maximum absolute atomic E-state index is 11.0. The van der Waals surface area contributed by atoms with Crippen LogP contribution in [0.25, 0.3) is 5.82 Å². The molecule has 0 fully saturated rings. The zero-order valence-electron chi connectivity index (χ0n) is 10.00. The molecular weight excluding hydrogens is 232 g/mol. The van der Waals surface area contributed by atoms with Crippen molar-refractivity contribution in [3.8, 4) is 5.82 Å². The Kier molecular flexibility index (Phi) is 3.22. The van der Waals surface area contributed by atoms with E-state index < -0.39 is 5.91 Å². The van der Waals surface area contributed by atoms with Gasteiger partial charge in [-0.05, 0) is 6.42 Å². The summed E-state index contributed by atoms with van der Waals surface area (Å²) in [4.78, 5) is 19.4. The molecule has 0 bridgehead atoms. The van der Waals surface area contributed by atoms with Gasteiger partial charge in [0.05, 0.1) is 11.8 Å². The summed E-state index contributed by atoms with van der Waals surface area (Å²) >= 11 is 0. The molecule has 1 amide bonds. The highest BCUT2D eigenvalue weighted by atomic mass is 16.1. The van der Waals surface area contributed by atoms with Crippen LogP contribution in [0.4, 0.5) is 5.82 Å². The summed E-state index contributed by atoms with van der Waals surface area (Å²) in [6.07, 6.45) is 4.57. The van der Waals surface area contributed by atoms with Gasteiger partial charge in [0.25, 0.3) is 5.91 Å². The van der Waals surface area contributed by atoms with Gasteiger partial charge in [-0.3, -0.25) is 4.79 Å². The van der Waals surface area contributed by atoms with Gasteiger partial charge >= 0.3 is 0 Å². The molecule has 0 aliphatic carbocycles. The average molecular weight is 246 g/mol. The molecule has 94 valence electrons. The molecule has 0 unspecified atom stereocenters. The predicted molar refractivity (Wildman–Crippen MR) is 66.1 cm³/mol. The van der Waals surface area contributed by atoms with Crippen molar-refractivity contribution in [2.45, 2.75) is 19.8 Å². The second-order valence-corrected chi connectivity index (χ2v) is 3.86.